The van der Waals surface area contributed by atoms with Crippen LogP contribution in [-0.2, 0) is 12.8 Å². The molecule has 1 amide bonds. The van der Waals surface area contributed by atoms with E-state index in [4.69, 9.17) is 0 Å². The van der Waals surface area contributed by atoms with E-state index in [9.17, 15) is 9.90 Å². The first-order valence-electron chi connectivity index (χ1n) is 8.12. The lowest BCUT2D eigenvalue weighted by Gasteiger charge is -2.07. The Morgan fingerprint density at radius 2 is 1.96 bits per heavy atom. The van der Waals surface area contributed by atoms with Gasteiger partial charge in [-0.25, -0.2) is 4.98 Å². The summed E-state index contributed by atoms with van der Waals surface area (Å²) < 4.78 is 1.87. The van der Waals surface area contributed by atoms with Crippen LogP contribution in [0.5, 0.6) is 5.75 Å². The number of amides is 1. The van der Waals surface area contributed by atoms with Crippen molar-refractivity contribution in [3.8, 4) is 5.75 Å². The fourth-order valence-corrected chi connectivity index (χ4v) is 2.75. The Hall–Kier alpha value is -2.82. The average Bonchev–Trinajstić information content (AvgIpc) is 2.94. The van der Waals surface area contributed by atoms with Crippen molar-refractivity contribution in [3.05, 3.63) is 65.1 Å². The summed E-state index contributed by atoms with van der Waals surface area (Å²) in [5.41, 5.74) is 4.37. The summed E-state index contributed by atoms with van der Waals surface area (Å²) in [6.45, 7) is 4.53. The topological polar surface area (TPSA) is 66.6 Å². The first kappa shape index (κ1) is 16.1. The van der Waals surface area contributed by atoms with E-state index in [0.717, 1.165) is 22.5 Å². The Morgan fingerprint density at radius 3 is 2.67 bits per heavy atom. The Morgan fingerprint density at radius 1 is 1.21 bits per heavy atom. The van der Waals surface area contributed by atoms with Crippen molar-refractivity contribution in [2.75, 3.05) is 6.54 Å². The minimum atomic E-state index is -0.108. The van der Waals surface area contributed by atoms with E-state index in [-0.39, 0.29) is 11.7 Å². The smallest absolute Gasteiger partial charge is 0.270 e. The monoisotopic (exact) mass is 323 g/mol. The SMILES string of the molecule is CCc1nc2ccc(C)cn2c1C(=O)NCCc1ccc(O)cc1. The first-order chi connectivity index (χ1) is 11.6. The van der Waals surface area contributed by atoms with E-state index in [1.165, 1.54) is 0 Å². The molecule has 0 aliphatic heterocycles. The molecule has 2 N–H and O–H groups in total. The van der Waals surface area contributed by atoms with Crippen LogP contribution in [0.1, 0.15) is 34.2 Å². The van der Waals surface area contributed by atoms with Crippen LogP contribution in [-0.4, -0.2) is 26.9 Å². The molecule has 0 spiro atoms. The summed E-state index contributed by atoms with van der Waals surface area (Å²) in [6.07, 6.45) is 3.36. The Kier molecular flexibility index (Phi) is 4.51. The van der Waals surface area contributed by atoms with Gasteiger partial charge in [-0.2, -0.15) is 0 Å². The summed E-state index contributed by atoms with van der Waals surface area (Å²) in [7, 11) is 0. The van der Waals surface area contributed by atoms with Crippen LogP contribution in [0.2, 0.25) is 0 Å². The molecule has 0 fully saturated rings. The maximum Gasteiger partial charge on any atom is 0.270 e. The second kappa shape index (κ2) is 6.74. The maximum absolute atomic E-state index is 12.6. The van der Waals surface area contributed by atoms with E-state index in [0.29, 0.717) is 25.1 Å². The number of phenols is 1. The number of carbonyl (C=O) groups excluding carboxylic acids is 1. The minimum Gasteiger partial charge on any atom is -0.508 e. The van der Waals surface area contributed by atoms with Gasteiger partial charge in [-0.3, -0.25) is 9.20 Å². The molecule has 3 aromatic rings. The number of nitrogens with one attached hydrogen (secondary N) is 1. The summed E-state index contributed by atoms with van der Waals surface area (Å²) in [5.74, 6) is 0.139. The van der Waals surface area contributed by atoms with Crippen molar-refractivity contribution in [2.45, 2.75) is 26.7 Å². The molecule has 24 heavy (non-hydrogen) atoms. The number of rotatable bonds is 5. The van der Waals surface area contributed by atoms with Crippen molar-refractivity contribution in [1.82, 2.24) is 14.7 Å². The number of aryl methyl sites for hydroxylation is 2. The molecular formula is C19H21N3O2. The number of hydrogen-bond acceptors (Lipinski definition) is 3. The molecular weight excluding hydrogens is 302 g/mol. The number of hydrogen-bond donors (Lipinski definition) is 2. The van der Waals surface area contributed by atoms with Gasteiger partial charge in [0, 0.05) is 12.7 Å². The Labute approximate surface area is 141 Å². The Bertz CT molecular complexity index is 866. The molecule has 3 rings (SSSR count). The third-order valence-corrected chi connectivity index (χ3v) is 4.02. The van der Waals surface area contributed by atoms with E-state index in [2.05, 4.69) is 10.3 Å². The molecule has 1 aromatic carbocycles. The van der Waals surface area contributed by atoms with Gasteiger partial charge in [0.05, 0.1) is 5.69 Å². The van der Waals surface area contributed by atoms with Crippen LogP contribution < -0.4 is 5.32 Å². The van der Waals surface area contributed by atoms with Gasteiger partial charge in [0.2, 0.25) is 0 Å². The molecule has 0 radical (unpaired) electrons. The molecule has 0 atom stereocenters. The second-order valence-corrected chi connectivity index (χ2v) is 5.87. The molecule has 0 bridgehead atoms. The predicted molar refractivity (Wildman–Crippen MR) is 93.5 cm³/mol. The number of benzene rings is 1. The van der Waals surface area contributed by atoms with Gasteiger partial charge in [0.1, 0.15) is 17.1 Å². The van der Waals surface area contributed by atoms with Gasteiger partial charge in [-0.1, -0.05) is 25.1 Å². The fraction of sp³-hybridized carbons (Fsp3) is 0.263. The van der Waals surface area contributed by atoms with E-state index in [1.54, 1.807) is 12.1 Å². The molecule has 0 aliphatic carbocycles. The summed E-state index contributed by atoms with van der Waals surface area (Å²) in [4.78, 5) is 17.2. The number of carbonyl (C=O) groups is 1. The lowest BCUT2D eigenvalue weighted by molar-refractivity contribution is 0.0947. The highest BCUT2D eigenvalue weighted by Crippen LogP contribution is 2.15. The number of fused-ring (bicyclic) bond motifs is 1. The molecule has 0 saturated carbocycles. The van der Waals surface area contributed by atoms with Gasteiger partial charge in [0.15, 0.2) is 0 Å². The van der Waals surface area contributed by atoms with Crippen molar-refractivity contribution in [1.29, 1.82) is 0 Å². The lowest BCUT2D eigenvalue weighted by atomic mass is 10.1. The van der Waals surface area contributed by atoms with Gasteiger partial charge in [-0.05, 0) is 49.1 Å². The minimum absolute atomic E-state index is 0.108. The third kappa shape index (κ3) is 3.25. The molecule has 124 valence electrons. The van der Waals surface area contributed by atoms with Crippen LogP contribution in [0.25, 0.3) is 5.65 Å². The van der Waals surface area contributed by atoms with Crippen molar-refractivity contribution >= 4 is 11.6 Å². The molecule has 5 heteroatoms. The van der Waals surface area contributed by atoms with E-state index < -0.39 is 0 Å². The van der Waals surface area contributed by atoms with Gasteiger partial charge in [0.25, 0.3) is 5.91 Å². The number of aromatic hydroxyl groups is 1. The van der Waals surface area contributed by atoms with E-state index in [1.807, 2.05) is 48.7 Å². The molecule has 2 heterocycles. The molecule has 2 aromatic heterocycles. The van der Waals surface area contributed by atoms with E-state index >= 15 is 0 Å². The molecule has 0 saturated heterocycles. The predicted octanol–water partition coefficient (Wildman–Crippen LogP) is 2.88. The average molecular weight is 323 g/mol. The first-order valence-corrected chi connectivity index (χ1v) is 8.12. The van der Waals surface area contributed by atoms with Crippen LogP contribution in [0, 0.1) is 6.92 Å². The number of phenolic OH excluding ortho intramolecular Hbond substituents is 1. The molecule has 0 unspecified atom stereocenters. The standard InChI is InChI=1S/C19H21N3O2/c1-3-16-18(22-12-13(2)4-9-17(22)21-16)19(24)20-11-10-14-5-7-15(23)8-6-14/h4-9,12,23H,3,10-11H2,1-2H3,(H,20,24). The normalized spacial score (nSPS) is 10.9. The fourth-order valence-electron chi connectivity index (χ4n) is 2.75. The largest absolute Gasteiger partial charge is 0.508 e. The highest BCUT2D eigenvalue weighted by atomic mass is 16.3. The second-order valence-electron chi connectivity index (χ2n) is 5.87. The van der Waals surface area contributed by atoms with Crippen LogP contribution in [0.4, 0.5) is 0 Å². The number of imidazole rings is 1. The zero-order valence-corrected chi connectivity index (χ0v) is 13.9. The summed E-state index contributed by atoms with van der Waals surface area (Å²) >= 11 is 0. The zero-order chi connectivity index (χ0) is 17.1. The third-order valence-electron chi connectivity index (χ3n) is 4.02. The van der Waals surface area contributed by atoms with Gasteiger partial charge >= 0.3 is 0 Å². The highest BCUT2D eigenvalue weighted by molar-refractivity contribution is 5.94. The van der Waals surface area contributed by atoms with Crippen LogP contribution >= 0.6 is 0 Å². The Balaban J connectivity index is 1.75. The summed E-state index contributed by atoms with van der Waals surface area (Å²) in [6, 6.07) is 10.9. The number of pyridine rings is 1. The summed E-state index contributed by atoms with van der Waals surface area (Å²) in [5, 5.41) is 12.3. The van der Waals surface area contributed by atoms with Crippen LogP contribution in [0.15, 0.2) is 42.6 Å². The quantitative estimate of drug-likeness (QED) is 0.759. The van der Waals surface area contributed by atoms with Crippen molar-refractivity contribution in [3.63, 3.8) is 0 Å². The molecule has 5 nitrogen and oxygen atoms in total. The number of aromatic nitrogens is 2. The van der Waals surface area contributed by atoms with Crippen molar-refractivity contribution in [2.24, 2.45) is 0 Å². The van der Waals surface area contributed by atoms with Crippen molar-refractivity contribution < 1.29 is 9.90 Å². The van der Waals surface area contributed by atoms with Gasteiger partial charge < -0.3 is 10.4 Å². The molecule has 0 aliphatic rings. The number of nitrogens with zero attached hydrogens (tertiary/aromatic N) is 2. The highest BCUT2D eigenvalue weighted by Gasteiger charge is 2.17. The zero-order valence-electron chi connectivity index (χ0n) is 13.9. The van der Waals surface area contributed by atoms with Gasteiger partial charge in [-0.15, -0.1) is 0 Å². The van der Waals surface area contributed by atoms with Crippen LogP contribution in [0.3, 0.4) is 0 Å². The lowest BCUT2D eigenvalue weighted by Crippen LogP contribution is -2.27. The maximum atomic E-state index is 12.6.